The van der Waals surface area contributed by atoms with Crippen molar-refractivity contribution in [2.45, 2.75) is 53.0 Å². The summed E-state index contributed by atoms with van der Waals surface area (Å²) >= 11 is 0. The van der Waals surface area contributed by atoms with E-state index in [1.165, 1.54) is 0 Å². The number of hydrogen-bond acceptors (Lipinski definition) is 3. The van der Waals surface area contributed by atoms with Gasteiger partial charge in [-0.15, -0.1) is 0 Å². The largest absolute Gasteiger partial charge is 0.311 e. The predicted molar refractivity (Wildman–Crippen MR) is 111 cm³/mol. The van der Waals surface area contributed by atoms with Gasteiger partial charge in [-0.3, -0.25) is 9.48 Å². The van der Waals surface area contributed by atoms with Crippen LogP contribution in [0.2, 0.25) is 0 Å². The minimum Gasteiger partial charge on any atom is -0.311 e. The molecule has 0 fully saturated rings. The Hall–Kier alpha value is -2.89. The van der Waals surface area contributed by atoms with Gasteiger partial charge in [-0.25, -0.2) is 4.68 Å². The number of anilines is 1. The van der Waals surface area contributed by atoms with Crippen molar-refractivity contribution < 1.29 is 4.79 Å². The van der Waals surface area contributed by atoms with Crippen LogP contribution in [0, 0.1) is 13.8 Å². The SMILES string of the molecule is Cc1nn(C)c(C)c1CC(=O)Nc1cc(C(C)(C)C)nn1Cc1ccccc1. The van der Waals surface area contributed by atoms with E-state index in [0.717, 1.165) is 34.0 Å². The van der Waals surface area contributed by atoms with Crippen LogP contribution in [0.25, 0.3) is 0 Å². The summed E-state index contributed by atoms with van der Waals surface area (Å²) < 4.78 is 3.69. The number of aromatic nitrogens is 4. The van der Waals surface area contributed by atoms with E-state index in [0.29, 0.717) is 13.0 Å². The molecule has 6 heteroatoms. The minimum atomic E-state index is -0.0993. The van der Waals surface area contributed by atoms with E-state index >= 15 is 0 Å². The maximum atomic E-state index is 12.8. The zero-order valence-electron chi connectivity index (χ0n) is 17.6. The normalized spacial score (nSPS) is 11.6. The van der Waals surface area contributed by atoms with Crippen LogP contribution in [-0.2, 0) is 30.2 Å². The Morgan fingerprint density at radius 1 is 1.11 bits per heavy atom. The van der Waals surface area contributed by atoms with E-state index in [9.17, 15) is 4.79 Å². The molecule has 2 aromatic heterocycles. The molecule has 28 heavy (non-hydrogen) atoms. The first-order valence-electron chi connectivity index (χ1n) is 9.56. The number of carbonyl (C=O) groups excluding carboxylic acids is 1. The van der Waals surface area contributed by atoms with Crippen LogP contribution < -0.4 is 5.32 Å². The van der Waals surface area contributed by atoms with Gasteiger partial charge in [0, 0.05) is 29.8 Å². The van der Waals surface area contributed by atoms with Crippen molar-refractivity contribution in [2.75, 3.05) is 5.32 Å². The van der Waals surface area contributed by atoms with Gasteiger partial charge in [0.05, 0.1) is 24.4 Å². The van der Waals surface area contributed by atoms with Gasteiger partial charge < -0.3 is 5.32 Å². The minimum absolute atomic E-state index is 0.0612. The average molecular weight is 380 g/mol. The van der Waals surface area contributed by atoms with Gasteiger partial charge in [-0.2, -0.15) is 10.2 Å². The number of nitrogens with one attached hydrogen (secondary N) is 1. The molecule has 1 N–H and O–H groups in total. The fraction of sp³-hybridized carbons (Fsp3) is 0.409. The van der Waals surface area contributed by atoms with Crippen molar-refractivity contribution in [3.63, 3.8) is 0 Å². The Labute approximate surface area is 166 Å². The summed E-state index contributed by atoms with van der Waals surface area (Å²) in [6.45, 7) is 10.9. The lowest BCUT2D eigenvalue weighted by Crippen LogP contribution is -2.18. The molecule has 1 amide bonds. The van der Waals surface area contributed by atoms with E-state index in [4.69, 9.17) is 5.10 Å². The lowest BCUT2D eigenvalue weighted by molar-refractivity contribution is -0.115. The number of rotatable bonds is 5. The van der Waals surface area contributed by atoms with E-state index < -0.39 is 0 Å². The molecular weight excluding hydrogens is 350 g/mol. The predicted octanol–water partition coefficient (Wildman–Crippen LogP) is 3.76. The van der Waals surface area contributed by atoms with E-state index in [1.807, 2.05) is 54.5 Å². The van der Waals surface area contributed by atoms with Crippen molar-refractivity contribution in [2.24, 2.45) is 7.05 Å². The second-order valence-corrected chi connectivity index (χ2v) is 8.31. The lowest BCUT2D eigenvalue weighted by atomic mass is 9.92. The van der Waals surface area contributed by atoms with Crippen LogP contribution >= 0.6 is 0 Å². The molecule has 6 nitrogen and oxygen atoms in total. The molecule has 0 spiro atoms. The Bertz CT molecular complexity index is 977. The maximum Gasteiger partial charge on any atom is 0.230 e. The van der Waals surface area contributed by atoms with Gasteiger partial charge in [-0.1, -0.05) is 51.1 Å². The quantitative estimate of drug-likeness (QED) is 0.734. The van der Waals surface area contributed by atoms with Crippen molar-refractivity contribution in [3.8, 4) is 0 Å². The smallest absolute Gasteiger partial charge is 0.230 e. The molecular formula is C22H29N5O. The highest BCUT2D eigenvalue weighted by atomic mass is 16.1. The summed E-state index contributed by atoms with van der Waals surface area (Å²) in [5.74, 6) is 0.659. The highest BCUT2D eigenvalue weighted by Crippen LogP contribution is 2.25. The maximum absolute atomic E-state index is 12.8. The summed E-state index contributed by atoms with van der Waals surface area (Å²) in [7, 11) is 1.90. The summed E-state index contributed by atoms with van der Waals surface area (Å²) in [4.78, 5) is 12.8. The summed E-state index contributed by atoms with van der Waals surface area (Å²) in [5, 5.41) is 12.2. The standard InChI is InChI=1S/C22H29N5O/c1-15-18(16(2)26(6)24-15)12-21(28)23-20-13-19(22(3,4)5)25-27(20)14-17-10-8-7-9-11-17/h7-11,13H,12,14H2,1-6H3,(H,23,28). The first kappa shape index (κ1) is 19.9. The number of amides is 1. The van der Waals surface area contributed by atoms with Crippen molar-refractivity contribution in [1.29, 1.82) is 0 Å². The second kappa shape index (κ2) is 7.62. The number of carbonyl (C=O) groups is 1. The van der Waals surface area contributed by atoms with Crippen LogP contribution in [0.15, 0.2) is 36.4 Å². The summed E-state index contributed by atoms with van der Waals surface area (Å²) in [5.41, 5.74) is 4.88. The van der Waals surface area contributed by atoms with E-state index in [-0.39, 0.29) is 11.3 Å². The molecule has 148 valence electrons. The Balaban J connectivity index is 1.85. The molecule has 2 heterocycles. The van der Waals surface area contributed by atoms with Gasteiger partial charge in [-0.05, 0) is 19.4 Å². The van der Waals surface area contributed by atoms with Gasteiger partial charge in [0.25, 0.3) is 0 Å². The number of nitrogens with zero attached hydrogens (tertiary/aromatic N) is 4. The van der Waals surface area contributed by atoms with Gasteiger partial charge in [0.15, 0.2) is 0 Å². The summed E-state index contributed by atoms with van der Waals surface area (Å²) in [6.07, 6.45) is 0.298. The van der Waals surface area contributed by atoms with Gasteiger partial charge >= 0.3 is 0 Å². The van der Waals surface area contributed by atoms with E-state index in [1.54, 1.807) is 0 Å². The third kappa shape index (κ3) is 4.32. The molecule has 1 aromatic carbocycles. The van der Waals surface area contributed by atoms with Gasteiger partial charge in [0.2, 0.25) is 5.91 Å². The van der Waals surface area contributed by atoms with Crippen LogP contribution in [0.1, 0.15) is 49.0 Å². The average Bonchev–Trinajstić information content (AvgIpc) is 3.12. The molecule has 0 aliphatic carbocycles. The molecule has 0 bridgehead atoms. The van der Waals surface area contributed by atoms with Crippen molar-refractivity contribution in [1.82, 2.24) is 19.6 Å². The van der Waals surface area contributed by atoms with Crippen molar-refractivity contribution >= 4 is 11.7 Å². The van der Waals surface area contributed by atoms with Crippen molar-refractivity contribution in [3.05, 3.63) is 64.6 Å². The molecule has 0 radical (unpaired) electrons. The number of hydrogen-bond donors (Lipinski definition) is 1. The van der Waals surface area contributed by atoms with Crippen LogP contribution in [0.3, 0.4) is 0 Å². The van der Waals surface area contributed by atoms with E-state index in [2.05, 4.69) is 43.3 Å². The van der Waals surface area contributed by atoms with Crippen LogP contribution in [0.5, 0.6) is 0 Å². The Morgan fingerprint density at radius 2 is 1.79 bits per heavy atom. The molecule has 0 saturated heterocycles. The molecule has 0 aliphatic rings. The van der Waals surface area contributed by atoms with Crippen LogP contribution in [-0.4, -0.2) is 25.5 Å². The molecule has 3 rings (SSSR count). The third-order valence-electron chi connectivity index (χ3n) is 4.99. The molecule has 0 saturated carbocycles. The monoisotopic (exact) mass is 379 g/mol. The first-order chi connectivity index (χ1) is 13.1. The van der Waals surface area contributed by atoms with Crippen LogP contribution in [0.4, 0.5) is 5.82 Å². The lowest BCUT2D eigenvalue weighted by Gasteiger charge is -2.14. The molecule has 0 aliphatic heterocycles. The molecule has 0 unspecified atom stereocenters. The first-order valence-corrected chi connectivity index (χ1v) is 9.56. The second-order valence-electron chi connectivity index (χ2n) is 8.31. The fourth-order valence-corrected chi connectivity index (χ4v) is 3.18. The number of benzene rings is 1. The zero-order chi connectivity index (χ0) is 20.5. The number of aryl methyl sites for hydroxylation is 2. The highest BCUT2D eigenvalue weighted by Gasteiger charge is 2.21. The fourth-order valence-electron chi connectivity index (χ4n) is 3.18. The summed E-state index contributed by atoms with van der Waals surface area (Å²) in [6, 6.07) is 12.1. The Morgan fingerprint density at radius 3 is 2.36 bits per heavy atom. The topological polar surface area (TPSA) is 64.7 Å². The molecule has 0 atom stereocenters. The third-order valence-corrected chi connectivity index (χ3v) is 4.99. The highest BCUT2D eigenvalue weighted by molar-refractivity contribution is 5.91. The van der Waals surface area contributed by atoms with Gasteiger partial charge in [0.1, 0.15) is 5.82 Å². The Kier molecular flexibility index (Phi) is 5.40. The molecule has 3 aromatic rings. The zero-order valence-corrected chi connectivity index (χ0v) is 17.6.